The predicted molar refractivity (Wildman–Crippen MR) is 96.2 cm³/mol. The number of aromatic nitrogens is 3. The van der Waals surface area contributed by atoms with E-state index in [2.05, 4.69) is 15.4 Å². The zero-order valence-electron chi connectivity index (χ0n) is 14.9. The number of nitrogens with zero attached hydrogens (tertiary/aromatic N) is 3. The number of halogens is 3. The molecule has 11 heteroatoms. The van der Waals surface area contributed by atoms with Crippen LogP contribution < -0.4 is 14.8 Å². The first kappa shape index (κ1) is 18.0. The van der Waals surface area contributed by atoms with Gasteiger partial charge in [0.2, 0.25) is 6.79 Å². The zero-order valence-corrected chi connectivity index (χ0v) is 14.9. The van der Waals surface area contributed by atoms with Crippen molar-refractivity contribution in [2.45, 2.75) is 6.18 Å². The maximum absolute atomic E-state index is 13.6. The van der Waals surface area contributed by atoms with Crippen molar-refractivity contribution in [1.82, 2.24) is 14.6 Å². The van der Waals surface area contributed by atoms with Crippen molar-refractivity contribution in [3.63, 3.8) is 0 Å². The number of fused-ring (bicyclic) bond motifs is 2. The van der Waals surface area contributed by atoms with Gasteiger partial charge in [-0.2, -0.15) is 18.3 Å². The summed E-state index contributed by atoms with van der Waals surface area (Å²) in [6, 6.07) is 9.75. The highest BCUT2D eigenvalue weighted by atomic mass is 19.4. The molecular formula is C19H11F3N4O4. The lowest BCUT2D eigenvalue weighted by atomic mass is 10.2. The normalized spacial score (nSPS) is 13.0. The summed E-state index contributed by atoms with van der Waals surface area (Å²) in [5.74, 6) is 0.444. The Kier molecular flexibility index (Phi) is 3.91. The van der Waals surface area contributed by atoms with E-state index < -0.39 is 17.8 Å². The van der Waals surface area contributed by atoms with Crippen LogP contribution in [0.5, 0.6) is 11.5 Å². The highest BCUT2D eigenvalue weighted by Gasteiger charge is 2.36. The summed E-state index contributed by atoms with van der Waals surface area (Å²) in [5.41, 5.74) is -1.11. The van der Waals surface area contributed by atoms with Crippen molar-refractivity contribution < 1.29 is 31.9 Å². The number of nitrogens with one attached hydrogen (secondary N) is 1. The number of furan rings is 1. The molecule has 30 heavy (non-hydrogen) atoms. The molecule has 1 N–H and O–H groups in total. The van der Waals surface area contributed by atoms with E-state index in [0.29, 0.717) is 21.7 Å². The van der Waals surface area contributed by atoms with E-state index in [0.717, 1.165) is 6.07 Å². The fraction of sp³-hybridized carbons (Fsp3) is 0.105. The fourth-order valence-corrected chi connectivity index (χ4v) is 3.01. The Hall–Kier alpha value is -4.02. The van der Waals surface area contributed by atoms with E-state index >= 15 is 0 Å². The quantitative estimate of drug-likeness (QED) is 0.543. The number of carbonyl (C=O) groups excluding carboxylic acids is 1. The largest absolute Gasteiger partial charge is 0.463 e. The second kappa shape index (κ2) is 6.51. The van der Waals surface area contributed by atoms with E-state index in [1.165, 1.54) is 24.5 Å². The van der Waals surface area contributed by atoms with Crippen LogP contribution in [0.2, 0.25) is 0 Å². The third-order valence-corrected chi connectivity index (χ3v) is 4.35. The summed E-state index contributed by atoms with van der Waals surface area (Å²) in [7, 11) is 0. The topological polar surface area (TPSA) is 90.9 Å². The number of rotatable bonds is 3. The van der Waals surface area contributed by atoms with Gasteiger partial charge in [0.05, 0.1) is 6.26 Å². The Bertz CT molecular complexity index is 1270. The molecule has 152 valence electrons. The number of benzene rings is 1. The number of alkyl halides is 3. The van der Waals surface area contributed by atoms with Gasteiger partial charge in [0.15, 0.2) is 34.3 Å². The lowest BCUT2D eigenvalue weighted by Gasteiger charge is -2.09. The molecule has 0 spiro atoms. The average molecular weight is 416 g/mol. The van der Waals surface area contributed by atoms with Gasteiger partial charge < -0.3 is 19.2 Å². The van der Waals surface area contributed by atoms with Crippen molar-refractivity contribution in [1.29, 1.82) is 0 Å². The van der Waals surface area contributed by atoms with Crippen LogP contribution in [0, 0.1) is 0 Å². The molecular weight excluding hydrogens is 405 g/mol. The molecule has 0 saturated carbocycles. The molecule has 0 fully saturated rings. The van der Waals surface area contributed by atoms with E-state index in [1.807, 2.05) is 0 Å². The van der Waals surface area contributed by atoms with Crippen molar-refractivity contribution in [3.05, 3.63) is 60.1 Å². The van der Waals surface area contributed by atoms with Crippen LogP contribution in [-0.2, 0) is 6.18 Å². The van der Waals surface area contributed by atoms with Crippen LogP contribution in [0.25, 0.3) is 17.1 Å². The van der Waals surface area contributed by atoms with Gasteiger partial charge in [-0.3, -0.25) is 4.79 Å². The van der Waals surface area contributed by atoms with Gasteiger partial charge in [-0.05, 0) is 30.3 Å². The smallest absolute Gasteiger partial charge is 0.433 e. The molecule has 1 amide bonds. The molecule has 8 nitrogen and oxygen atoms in total. The minimum Gasteiger partial charge on any atom is -0.463 e. The van der Waals surface area contributed by atoms with Gasteiger partial charge in [0.1, 0.15) is 5.69 Å². The van der Waals surface area contributed by atoms with Crippen molar-refractivity contribution >= 4 is 17.2 Å². The minimum atomic E-state index is -4.72. The summed E-state index contributed by atoms with van der Waals surface area (Å²) in [6.07, 6.45) is -3.39. The molecule has 1 aliphatic heterocycles. The van der Waals surface area contributed by atoms with E-state index in [-0.39, 0.29) is 29.6 Å². The SMILES string of the molecule is O=C(Nc1ccc2c(c1)OCO2)c1cc2nc(-c3ccco3)cc(C(F)(F)F)n2n1. The van der Waals surface area contributed by atoms with Crippen molar-refractivity contribution in [2.75, 3.05) is 12.1 Å². The second-order valence-corrected chi connectivity index (χ2v) is 6.32. The standard InChI is InChI=1S/C19H11F3N4O4/c20-19(21,22)16-7-11(13-2-1-5-28-13)24-17-8-12(25-26(16)17)18(27)23-10-3-4-14-15(6-10)30-9-29-14/h1-8H,9H2,(H,23,27). The third-order valence-electron chi connectivity index (χ3n) is 4.35. The number of hydrogen-bond acceptors (Lipinski definition) is 6. The number of carbonyl (C=O) groups is 1. The third kappa shape index (κ3) is 3.09. The maximum Gasteiger partial charge on any atom is 0.433 e. The van der Waals surface area contributed by atoms with Crippen molar-refractivity contribution in [3.8, 4) is 23.0 Å². The molecule has 0 atom stereocenters. The monoisotopic (exact) mass is 416 g/mol. The lowest BCUT2D eigenvalue weighted by molar-refractivity contribution is -0.142. The van der Waals surface area contributed by atoms with E-state index in [1.54, 1.807) is 18.2 Å². The molecule has 0 aliphatic carbocycles. The van der Waals surface area contributed by atoms with Gasteiger partial charge >= 0.3 is 6.18 Å². The van der Waals surface area contributed by atoms with E-state index in [4.69, 9.17) is 13.9 Å². The van der Waals surface area contributed by atoms with Crippen LogP contribution >= 0.6 is 0 Å². The first-order valence-electron chi connectivity index (χ1n) is 8.61. The summed E-state index contributed by atoms with van der Waals surface area (Å²) in [5, 5.41) is 6.38. The molecule has 1 aliphatic rings. The Balaban J connectivity index is 1.53. The maximum atomic E-state index is 13.6. The number of ether oxygens (including phenoxy) is 2. The van der Waals surface area contributed by atoms with Crippen LogP contribution in [0.1, 0.15) is 16.2 Å². The molecule has 5 rings (SSSR count). The number of amides is 1. The molecule has 0 bridgehead atoms. The summed E-state index contributed by atoms with van der Waals surface area (Å²) >= 11 is 0. The van der Waals surface area contributed by atoms with Gasteiger partial charge in [-0.1, -0.05) is 0 Å². The van der Waals surface area contributed by atoms with Crippen LogP contribution in [0.3, 0.4) is 0 Å². The van der Waals surface area contributed by atoms with Gasteiger partial charge in [-0.25, -0.2) is 9.50 Å². The highest BCUT2D eigenvalue weighted by molar-refractivity contribution is 6.03. The number of anilines is 1. The summed E-state index contributed by atoms with van der Waals surface area (Å²) in [6.45, 7) is 0.0725. The lowest BCUT2D eigenvalue weighted by Crippen LogP contribution is -2.15. The van der Waals surface area contributed by atoms with E-state index in [9.17, 15) is 18.0 Å². The Morgan fingerprint density at radius 3 is 2.70 bits per heavy atom. The Morgan fingerprint density at radius 2 is 1.93 bits per heavy atom. The van der Waals surface area contributed by atoms with Crippen LogP contribution in [-0.4, -0.2) is 27.3 Å². The van der Waals surface area contributed by atoms with Gasteiger partial charge in [-0.15, -0.1) is 0 Å². The second-order valence-electron chi connectivity index (χ2n) is 6.32. The number of hydrogen-bond donors (Lipinski definition) is 1. The zero-order chi connectivity index (χ0) is 20.9. The van der Waals surface area contributed by atoms with Crippen LogP contribution in [0.15, 0.2) is 53.1 Å². The highest BCUT2D eigenvalue weighted by Crippen LogP contribution is 2.35. The Morgan fingerprint density at radius 1 is 1.10 bits per heavy atom. The summed E-state index contributed by atoms with van der Waals surface area (Å²) < 4.78 is 56.9. The average Bonchev–Trinajstić information content (AvgIpc) is 3.44. The molecule has 1 aromatic carbocycles. The fourth-order valence-electron chi connectivity index (χ4n) is 3.01. The molecule has 0 saturated heterocycles. The van der Waals surface area contributed by atoms with Gasteiger partial charge in [0, 0.05) is 17.8 Å². The Labute approximate surface area is 165 Å². The minimum absolute atomic E-state index is 0.0255. The van der Waals surface area contributed by atoms with Gasteiger partial charge in [0.25, 0.3) is 5.91 Å². The predicted octanol–water partition coefficient (Wildman–Crippen LogP) is 3.99. The molecule has 3 aromatic heterocycles. The molecule has 0 radical (unpaired) electrons. The van der Waals surface area contributed by atoms with Crippen LogP contribution in [0.4, 0.5) is 18.9 Å². The first-order chi connectivity index (χ1) is 14.4. The molecule has 4 aromatic rings. The molecule has 4 heterocycles. The molecule has 0 unspecified atom stereocenters. The first-order valence-corrected chi connectivity index (χ1v) is 8.61. The summed E-state index contributed by atoms with van der Waals surface area (Å²) in [4.78, 5) is 16.7. The van der Waals surface area contributed by atoms with Crippen molar-refractivity contribution in [2.24, 2.45) is 0 Å².